The zero-order valence-electron chi connectivity index (χ0n) is 17.2. The molecule has 0 fully saturated rings. The summed E-state index contributed by atoms with van der Waals surface area (Å²) in [4.78, 5) is 13.1. The van der Waals surface area contributed by atoms with Gasteiger partial charge in [0.1, 0.15) is 22.5 Å². The van der Waals surface area contributed by atoms with Crippen molar-refractivity contribution in [3.05, 3.63) is 47.0 Å². The molecular weight excluding hydrogens is 399 g/mol. The Morgan fingerprint density at radius 2 is 1.73 bits per heavy atom. The molecule has 1 atom stereocenters. The van der Waals surface area contributed by atoms with E-state index >= 15 is 0 Å². The zero-order valence-corrected chi connectivity index (χ0v) is 17.2. The van der Waals surface area contributed by atoms with Gasteiger partial charge in [-0.2, -0.15) is 13.2 Å². The molecule has 1 N–H and O–H groups in total. The van der Waals surface area contributed by atoms with Crippen molar-refractivity contribution in [2.75, 3.05) is 7.11 Å². The second-order valence-electron chi connectivity index (χ2n) is 8.12. The molecule has 1 unspecified atom stereocenters. The number of hydrogen-bond acceptors (Lipinski definition) is 5. The van der Waals surface area contributed by atoms with Crippen LogP contribution in [0.3, 0.4) is 0 Å². The molecule has 0 amide bonds. The number of esters is 1. The van der Waals surface area contributed by atoms with E-state index in [9.17, 15) is 23.1 Å². The number of benzene rings is 2. The quantitative estimate of drug-likeness (QED) is 0.620. The maximum atomic E-state index is 13.0. The van der Waals surface area contributed by atoms with Gasteiger partial charge in [-0.1, -0.05) is 26.8 Å². The number of fused-ring (bicyclic) bond motifs is 1. The Bertz CT molecular complexity index is 1110. The van der Waals surface area contributed by atoms with Crippen LogP contribution in [0, 0.1) is 0 Å². The van der Waals surface area contributed by atoms with E-state index in [0.717, 1.165) is 16.9 Å². The van der Waals surface area contributed by atoms with Gasteiger partial charge in [-0.25, -0.2) is 0 Å². The third-order valence-electron chi connectivity index (χ3n) is 4.90. The van der Waals surface area contributed by atoms with Gasteiger partial charge in [-0.15, -0.1) is 15.0 Å². The van der Waals surface area contributed by atoms with Gasteiger partial charge >= 0.3 is 12.1 Å². The first kappa shape index (κ1) is 21.6. The minimum Gasteiger partial charge on any atom is -0.505 e. The lowest BCUT2D eigenvalue weighted by Gasteiger charge is -2.24. The van der Waals surface area contributed by atoms with Crippen LogP contribution in [0.15, 0.2) is 30.3 Å². The molecule has 0 aliphatic heterocycles. The number of phenolic OH excluding ortho intramolecular Hbond substituents is 1. The van der Waals surface area contributed by atoms with Gasteiger partial charge in [0.05, 0.1) is 18.6 Å². The maximum Gasteiger partial charge on any atom is 0.416 e. The highest BCUT2D eigenvalue weighted by Crippen LogP contribution is 2.38. The van der Waals surface area contributed by atoms with Crippen molar-refractivity contribution in [3.63, 3.8) is 0 Å². The molecule has 30 heavy (non-hydrogen) atoms. The van der Waals surface area contributed by atoms with E-state index in [-0.39, 0.29) is 22.5 Å². The average molecular weight is 421 g/mol. The van der Waals surface area contributed by atoms with Gasteiger partial charge in [-0.3, -0.25) is 4.79 Å². The first-order chi connectivity index (χ1) is 13.8. The van der Waals surface area contributed by atoms with Gasteiger partial charge < -0.3 is 9.84 Å². The van der Waals surface area contributed by atoms with Crippen LogP contribution in [0.2, 0.25) is 0 Å². The lowest BCUT2D eigenvalue weighted by atomic mass is 9.83. The Labute approximate surface area is 171 Å². The van der Waals surface area contributed by atoms with E-state index < -0.39 is 29.0 Å². The number of ether oxygens (including phenoxy) is 1. The highest BCUT2D eigenvalue weighted by atomic mass is 19.4. The molecule has 3 aromatic rings. The Balaban J connectivity index is 2.22. The molecule has 0 aliphatic rings. The van der Waals surface area contributed by atoms with Crippen molar-refractivity contribution in [1.82, 2.24) is 15.0 Å². The van der Waals surface area contributed by atoms with Gasteiger partial charge in [0.15, 0.2) is 0 Å². The Kier molecular flexibility index (Phi) is 5.26. The summed E-state index contributed by atoms with van der Waals surface area (Å²) in [7, 11) is 1.28. The lowest BCUT2D eigenvalue weighted by Crippen LogP contribution is -2.17. The standard InChI is InChI=1S/C21H22F3N3O3/c1-11(19(29)30-5)12-8-14(20(2,3)4)18(28)17(9-12)27-25-15-7-6-13(21(22,23)24)10-16(15)26-27/h6-11,28H,1-5H3. The first-order valence-corrected chi connectivity index (χ1v) is 9.23. The Hall–Kier alpha value is -3.10. The fraction of sp³-hybridized carbons (Fsp3) is 0.381. The number of aromatic nitrogens is 3. The first-order valence-electron chi connectivity index (χ1n) is 9.23. The Morgan fingerprint density at radius 3 is 2.30 bits per heavy atom. The van der Waals surface area contributed by atoms with Crippen LogP contribution in [0.5, 0.6) is 5.75 Å². The van der Waals surface area contributed by atoms with E-state index in [4.69, 9.17) is 4.74 Å². The fourth-order valence-corrected chi connectivity index (χ4v) is 3.13. The largest absolute Gasteiger partial charge is 0.505 e. The predicted octanol–water partition coefficient (Wildman–Crippen LogP) is 4.72. The molecule has 0 saturated heterocycles. The molecule has 0 radical (unpaired) electrons. The van der Waals surface area contributed by atoms with E-state index in [1.807, 2.05) is 20.8 Å². The van der Waals surface area contributed by atoms with Gasteiger partial charge in [0.2, 0.25) is 0 Å². The highest BCUT2D eigenvalue weighted by molar-refractivity contribution is 5.79. The maximum absolute atomic E-state index is 13.0. The summed E-state index contributed by atoms with van der Waals surface area (Å²) in [5, 5.41) is 19.2. The number of alkyl halides is 3. The van der Waals surface area contributed by atoms with Gasteiger partial charge in [0, 0.05) is 5.56 Å². The van der Waals surface area contributed by atoms with Gasteiger partial charge in [-0.05, 0) is 42.2 Å². The molecule has 160 valence electrons. The average Bonchev–Trinajstić information content (AvgIpc) is 3.08. The van der Waals surface area contributed by atoms with Crippen molar-refractivity contribution in [3.8, 4) is 11.4 Å². The van der Waals surface area contributed by atoms with Gasteiger partial charge in [0.25, 0.3) is 0 Å². The van der Waals surface area contributed by atoms with Crippen LogP contribution >= 0.6 is 0 Å². The zero-order chi connectivity index (χ0) is 22.4. The summed E-state index contributed by atoms with van der Waals surface area (Å²) in [6.45, 7) is 7.33. The third kappa shape index (κ3) is 3.96. The van der Waals surface area contributed by atoms with Crippen LogP contribution in [-0.2, 0) is 21.1 Å². The minimum absolute atomic E-state index is 0.0351. The molecule has 0 saturated carbocycles. The van der Waals surface area contributed by atoms with Crippen LogP contribution in [-0.4, -0.2) is 33.2 Å². The fourth-order valence-electron chi connectivity index (χ4n) is 3.13. The van der Waals surface area contributed by atoms with Crippen LogP contribution in [0.25, 0.3) is 16.7 Å². The van der Waals surface area contributed by atoms with Crippen molar-refractivity contribution < 1.29 is 27.8 Å². The molecule has 1 heterocycles. The van der Waals surface area contributed by atoms with Crippen LogP contribution in [0.4, 0.5) is 13.2 Å². The molecule has 0 spiro atoms. The Morgan fingerprint density at radius 1 is 1.10 bits per heavy atom. The SMILES string of the molecule is COC(=O)C(C)c1cc(-n2nc3ccc(C(F)(F)F)cc3n2)c(O)c(C(C)(C)C)c1. The third-order valence-corrected chi connectivity index (χ3v) is 4.90. The number of rotatable bonds is 3. The van der Waals surface area contributed by atoms with E-state index in [2.05, 4.69) is 10.2 Å². The number of hydrogen-bond donors (Lipinski definition) is 1. The number of halogens is 3. The van der Waals surface area contributed by atoms with Crippen molar-refractivity contribution in [1.29, 1.82) is 0 Å². The highest BCUT2D eigenvalue weighted by Gasteiger charge is 2.31. The number of carbonyl (C=O) groups is 1. The molecule has 9 heteroatoms. The molecule has 3 rings (SSSR count). The van der Waals surface area contributed by atoms with E-state index in [1.165, 1.54) is 19.2 Å². The number of methoxy groups -OCH3 is 1. The molecule has 0 bridgehead atoms. The molecule has 1 aromatic heterocycles. The topological polar surface area (TPSA) is 77.2 Å². The molecule has 2 aromatic carbocycles. The number of aromatic hydroxyl groups is 1. The lowest BCUT2D eigenvalue weighted by molar-refractivity contribution is -0.142. The monoisotopic (exact) mass is 421 g/mol. The predicted molar refractivity (Wildman–Crippen MR) is 105 cm³/mol. The summed E-state index contributed by atoms with van der Waals surface area (Å²) in [6, 6.07) is 6.31. The van der Waals surface area contributed by atoms with Crippen molar-refractivity contribution in [2.24, 2.45) is 0 Å². The summed E-state index contributed by atoms with van der Waals surface area (Å²) >= 11 is 0. The summed E-state index contributed by atoms with van der Waals surface area (Å²) < 4.78 is 43.8. The van der Waals surface area contributed by atoms with Crippen LogP contribution < -0.4 is 0 Å². The van der Waals surface area contributed by atoms with Crippen LogP contribution in [0.1, 0.15) is 50.3 Å². The summed E-state index contributed by atoms with van der Waals surface area (Å²) in [5.41, 5.74) is 0.229. The smallest absolute Gasteiger partial charge is 0.416 e. The second kappa shape index (κ2) is 7.30. The van der Waals surface area contributed by atoms with Crippen molar-refractivity contribution in [2.45, 2.75) is 45.2 Å². The molecule has 6 nitrogen and oxygen atoms in total. The summed E-state index contributed by atoms with van der Waals surface area (Å²) in [6.07, 6.45) is -4.50. The van der Waals surface area contributed by atoms with E-state index in [1.54, 1.807) is 13.0 Å². The number of nitrogens with zero attached hydrogens (tertiary/aromatic N) is 3. The van der Waals surface area contributed by atoms with Crippen molar-refractivity contribution >= 4 is 17.0 Å². The normalized spacial score (nSPS) is 13.5. The molecular formula is C21H22F3N3O3. The summed E-state index contributed by atoms with van der Waals surface area (Å²) in [5.74, 6) is -1.20. The second-order valence-corrected chi connectivity index (χ2v) is 8.12. The number of phenols is 1. The number of carbonyl (C=O) groups excluding carboxylic acids is 1. The van der Waals surface area contributed by atoms with E-state index in [0.29, 0.717) is 11.1 Å². The minimum atomic E-state index is -4.50. The molecule has 0 aliphatic carbocycles.